The quantitative estimate of drug-likeness (QED) is 0.574. The fourth-order valence-electron chi connectivity index (χ4n) is 2.95. The standard InChI is InChI=1S/C20H15ClFN3O/c21-13-6-12(7-14(22)8-13)11-24-16-3-4-19-17(9-16)18(20(26)25-19)10-15-2-1-5-23-15/h1-10,23-24H,11H2,(H,25,26)/b18-10-. The number of fused-ring (bicyclic) bond motifs is 1. The van der Waals surface area contributed by atoms with Crippen molar-refractivity contribution in [2.75, 3.05) is 10.6 Å². The van der Waals surface area contributed by atoms with E-state index >= 15 is 0 Å². The molecule has 4 rings (SSSR count). The van der Waals surface area contributed by atoms with Gasteiger partial charge in [-0.2, -0.15) is 0 Å². The van der Waals surface area contributed by atoms with Crippen LogP contribution in [-0.4, -0.2) is 10.9 Å². The topological polar surface area (TPSA) is 56.9 Å². The van der Waals surface area contributed by atoms with Gasteiger partial charge in [0.15, 0.2) is 0 Å². The maximum Gasteiger partial charge on any atom is 0.256 e. The molecule has 4 nitrogen and oxygen atoms in total. The molecule has 0 spiro atoms. The van der Waals surface area contributed by atoms with Crippen molar-refractivity contribution in [3.05, 3.63) is 82.4 Å². The molecule has 0 saturated heterocycles. The van der Waals surface area contributed by atoms with Crippen LogP contribution in [0.4, 0.5) is 15.8 Å². The van der Waals surface area contributed by atoms with Crippen molar-refractivity contribution in [2.24, 2.45) is 0 Å². The second-order valence-corrected chi connectivity index (χ2v) is 6.47. The highest BCUT2D eigenvalue weighted by Gasteiger charge is 2.24. The molecule has 1 amide bonds. The van der Waals surface area contributed by atoms with Crippen LogP contribution in [0, 0.1) is 5.82 Å². The highest BCUT2D eigenvalue weighted by Crippen LogP contribution is 2.35. The molecule has 0 aliphatic carbocycles. The lowest BCUT2D eigenvalue weighted by molar-refractivity contribution is -0.110. The molecule has 0 radical (unpaired) electrons. The minimum Gasteiger partial charge on any atom is -0.381 e. The molecule has 0 bridgehead atoms. The van der Waals surface area contributed by atoms with Crippen molar-refractivity contribution < 1.29 is 9.18 Å². The van der Waals surface area contributed by atoms with Crippen molar-refractivity contribution in [3.63, 3.8) is 0 Å². The first-order chi connectivity index (χ1) is 12.6. The molecule has 130 valence electrons. The highest BCUT2D eigenvalue weighted by atomic mass is 35.5. The molecule has 1 aromatic heterocycles. The summed E-state index contributed by atoms with van der Waals surface area (Å²) in [5.74, 6) is -0.502. The molecule has 3 aromatic rings. The summed E-state index contributed by atoms with van der Waals surface area (Å²) >= 11 is 5.89. The van der Waals surface area contributed by atoms with Crippen LogP contribution in [0.1, 0.15) is 16.8 Å². The van der Waals surface area contributed by atoms with Crippen LogP contribution in [-0.2, 0) is 11.3 Å². The maximum absolute atomic E-state index is 13.4. The van der Waals surface area contributed by atoms with Crippen LogP contribution in [0.15, 0.2) is 54.7 Å². The Balaban J connectivity index is 1.59. The van der Waals surface area contributed by atoms with Gasteiger partial charge in [0.05, 0.1) is 5.57 Å². The first-order valence-corrected chi connectivity index (χ1v) is 8.46. The Morgan fingerprint density at radius 1 is 1.15 bits per heavy atom. The SMILES string of the molecule is O=C1Nc2ccc(NCc3cc(F)cc(Cl)c3)cc2/C1=C/c1ccc[nH]1. The number of hydrogen-bond acceptors (Lipinski definition) is 2. The van der Waals surface area contributed by atoms with Crippen LogP contribution >= 0.6 is 11.6 Å². The predicted molar refractivity (Wildman–Crippen MR) is 102 cm³/mol. The molecule has 3 N–H and O–H groups in total. The van der Waals surface area contributed by atoms with Crippen molar-refractivity contribution in [2.45, 2.75) is 6.54 Å². The zero-order valence-electron chi connectivity index (χ0n) is 13.6. The van der Waals surface area contributed by atoms with Gasteiger partial charge in [-0.1, -0.05) is 11.6 Å². The lowest BCUT2D eigenvalue weighted by atomic mass is 10.1. The number of halogens is 2. The number of carbonyl (C=O) groups is 1. The zero-order chi connectivity index (χ0) is 18.1. The van der Waals surface area contributed by atoms with Crippen molar-refractivity contribution in [1.29, 1.82) is 0 Å². The third-order valence-electron chi connectivity index (χ3n) is 4.14. The number of hydrogen-bond donors (Lipinski definition) is 3. The molecule has 0 atom stereocenters. The summed E-state index contributed by atoms with van der Waals surface area (Å²) in [6.45, 7) is 0.424. The maximum atomic E-state index is 13.4. The molecular weight excluding hydrogens is 353 g/mol. The van der Waals surface area contributed by atoms with Crippen molar-refractivity contribution in [1.82, 2.24) is 4.98 Å². The molecule has 0 unspecified atom stereocenters. The predicted octanol–water partition coefficient (Wildman–Crippen LogP) is 4.91. The summed E-state index contributed by atoms with van der Waals surface area (Å²) in [4.78, 5) is 15.3. The van der Waals surface area contributed by atoms with Crippen LogP contribution < -0.4 is 10.6 Å². The van der Waals surface area contributed by atoms with Crippen LogP contribution in [0.3, 0.4) is 0 Å². The summed E-state index contributed by atoms with van der Waals surface area (Å²) in [6, 6.07) is 13.8. The lowest BCUT2D eigenvalue weighted by Crippen LogP contribution is -2.03. The van der Waals surface area contributed by atoms with Gasteiger partial charge in [0.1, 0.15) is 5.82 Å². The van der Waals surface area contributed by atoms with Gasteiger partial charge in [-0.25, -0.2) is 4.39 Å². The summed E-state index contributed by atoms with van der Waals surface area (Å²) in [6.07, 6.45) is 3.62. The van der Waals surface area contributed by atoms with Gasteiger partial charge in [0.25, 0.3) is 5.91 Å². The third-order valence-corrected chi connectivity index (χ3v) is 4.36. The van der Waals surface area contributed by atoms with Crippen LogP contribution in [0.25, 0.3) is 11.6 Å². The Morgan fingerprint density at radius 3 is 2.81 bits per heavy atom. The number of anilines is 2. The average Bonchev–Trinajstić information content (AvgIpc) is 3.21. The number of amides is 1. The van der Waals surface area contributed by atoms with E-state index in [4.69, 9.17) is 11.6 Å². The number of H-pyrrole nitrogens is 1. The third kappa shape index (κ3) is 3.34. The van der Waals surface area contributed by atoms with E-state index in [1.165, 1.54) is 12.1 Å². The second kappa shape index (κ2) is 6.69. The van der Waals surface area contributed by atoms with Gasteiger partial charge in [-0.05, 0) is 60.2 Å². The molecule has 1 aliphatic rings. The molecule has 1 aliphatic heterocycles. The molecule has 0 saturated carbocycles. The fraction of sp³-hybridized carbons (Fsp3) is 0.0500. The number of nitrogens with one attached hydrogen (secondary N) is 3. The largest absolute Gasteiger partial charge is 0.381 e. The minimum absolute atomic E-state index is 0.135. The van der Waals surface area contributed by atoms with E-state index in [-0.39, 0.29) is 11.7 Å². The summed E-state index contributed by atoms with van der Waals surface area (Å²) in [7, 11) is 0. The number of aromatic amines is 1. The zero-order valence-corrected chi connectivity index (χ0v) is 14.4. The van der Waals surface area contributed by atoms with E-state index in [9.17, 15) is 9.18 Å². The lowest BCUT2D eigenvalue weighted by Gasteiger charge is -2.09. The van der Waals surface area contributed by atoms with Crippen LogP contribution in [0.5, 0.6) is 0 Å². The van der Waals surface area contributed by atoms with E-state index in [0.29, 0.717) is 17.1 Å². The van der Waals surface area contributed by atoms with E-state index in [1.807, 2.05) is 42.6 Å². The Bertz CT molecular complexity index is 992. The first kappa shape index (κ1) is 16.4. The van der Waals surface area contributed by atoms with E-state index in [2.05, 4.69) is 15.6 Å². The van der Waals surface area contributed by atoms with Gasteiger partial charge in [-0.3, -0.25) is 4.79 Å². The number of aromatic nitrogens is 1. The number of carbonyl (C=O) groups excluding carboxylic acids is 1. The molecule has 0 fully saturated rings. The summed E-state index contributed by atoms with van der Waals surface area (Å²) in [5, 5.41) is 6.46. The van der Waals surface area contributed by atoms with Gasteiger partial charge in [0, 0.05) is 40.4 Å². The normalized spacial score (nSPS) is 14.4. The molecule has 6 heteroatoms. The van der Waals surface area contributed by atoms with Crippen LogP contribution in [0.2, 0.25) is 5.02 Å². The Hall–Kier alpha value is -3.05. The Labute approximate surface area is 154 Å². The summed E-state index contributed by atoms with van der Waals surface area (Å²) in [5.41, 5.74) is 4.62. The smallest absolute Gasteiger partial charge is 0.256 e. The molecular formula is C20H15ClFN3O. The first-order valence-electron chi connectivity index (χ1n) is 8.08. The average molecular weight is 368 g/mol. The highest BCUT2D eigenvalue weighted by molar-refractivity contribution is 6.35. The summed E-state index contributed by atoms with van der Waals surface area (Å²) < 4.78 is 13.4. The van der Waals surface area contributed by atoms with E-state index in [1.54, 1.807) is 6.07 Å². The molecule has 26 heavy (non-hydrogen) atoms. The second-order valence-electron chi connectivity index (χ2n) is 6.03. The molecule has 2 heterocycles. The number of benzene rings is 2. The number of rotatable bonds is 4. The van der Waals surface area contributed by atoms with Gasteiger partial charge < -0.3 is 15.6 Å². The molecule has 2 aromatic carbocycles. The fourth-order valence-corrected chi connectivity index (χ4v) is 3.19. The van der Waals surface area contributed by atoms with Gasteiger partial charge in [-0.15, -0.1) is 0 Å². The van der Waals surface area contributed by atoms with Gasteiger partial charge >= 0.3 is 0 Å². The minimum atomic E-state index is -0.366. The Morgan fingerprint density at radius 2 is 2.04 bits per heavy atom. The van der Waals surface area contributed by atoms with Crippen molar-refractivity contribution in [3.8, 4) is 0 Å². The monoisotopic (exact) mass is 367 g/mol. The Kier molecular flexibility index (Phi) is 4.22. The van der Waals surface area contributed by atoms with E-state index < -0.39 is 0 Å². The van der Waals surface area contributed by atoms with Crippen molar-refractivity contribution >= 4 is 40.5 Å². The van der Waals surface area contributed by atoms with Gasteiger partial charge in [0.2, 0.25) is 0 Å². The van der Waals surface area contributed by atoms with E-state index in [0.717, 1.165) is 28.2 Å².